The molecule has 7 heteroatoms. The van der Waals surface area contributed by atoms with Crippen LogP contribution in [-0.2, 0) is 16.6 Å². The van der Waals surface area contributed by atoms with E-state index in [4.69, 9.17) is 9.88 Å². The van der Waals surface area contributed by atoms with Crippen LogP contribution < -0.4 is 9.88 Å². The first-order chi connectivity index (χ1) is 12.3. The van der Waals surface area contributed by atoms with Crippen molar-refractivity contribution in [2.75, 3.05) is 0 Å². The fourth-order valence-corrected chi connectivity index (χ4v) is 3.31. The minimum atomic E-state index is -3.84. The van der Waals surface area contributed by atoms with Crippen LogP contribution in [0.3, 0.4) is 0 Å². The molecular formula is C19H17NO5S. The quantitative estimate of drug-likeness (QED) is 0.717. The van der Waals surface area contributed by atoms with Crippen molar-refractivity contribution in [1.29, 1.82) is 0 Å². The van der Waals surface area contributed by atoms with Crippen LogP contribution in [0.4, 0.5) is 0 Å². The summed E-state index contributed by atoms with van der Waals surface area (Å²) in [4.78, 5) is 11.4. The summed E-state index contributed by atoms with van der Waals surface area (Å²) in [5.41, 5.74) is 1.55. The van der Waals surface area contributed by atoms with E-state index in [2.05, 4.69) is 0 Å². The zero-order chi connectivity index (χ0) is 18.9. The minimum Gasteiger partial charge on any atom is -0.488 e. The van der Waals surface area contributed by atoms with Gasteiger partial charge in [-0.15, -0.1) is 0 Å². The third kappa shape index (κ3) is 3.54. The molecule has 0 atom stereocenters. The molecular weight excluding hydrogens is 354 g/mol. The van der Waals surface area contributed by atoms with Crippen LogP contribution in [0, 0.1) is 6.92 Å². The van der Waals surface area contributed by atoms with Crippen molar-refractivity contribution in [2.45, 2.75) is 18.4 Å². The van der Waals surface area contributed by atoms with Crippen molar-refractivity contribution in [1.82, 2.24) is 0 Å². The van der Waals surface area contributed by atoms with Gasteiger partial charge in [0.1, 0.15) is 12.4 Å². The number of hydrogen-bond donors (Lipinski definition) is 2. The van der Waals surface area contributed by atoms with Gasteiger partial charge in [0, 0.05) is 10.9 Å². The van der Waals surface area contributed by atoms with Gasteiger partial charge in [-0.3, -0.25) is 0 Å². The van der Waals surface area contributed by atoms with E-state index in [0.717, 1.165) is 10.9 Å². The van der Waals surface area contributed by atoms with E-state index in [1.165, 1.54) is 18.2 Å². The molecule has 6 nitrogen and oxygen atoms in total. The number of sulfonamides is 1. The molecule has 26 heavy (non-hydrogen) atoms. The van der Waals surface area contributed by atoms with E-state index in [1.54, 1.807) is 24.3 Å². The maximum atomic E-state index is 11.6. The normalized spacial score (nSPS) is 11.5. The fourth-order valence-electron chi connectivity index (χ4n) is 2.77. The molecule has 0 unspecified atom stereocenters. The Bertz CT molecular complexity index is 1110. The fraction of sp³-hybridized carbons (Fsp3) is 0.105. The molecule has 0 saturated carbocycles. The van der Waals surface area contributed by atoms with Crippen molar-refractivity contribution in [2.24, 2.45) is 5.14 Å². The van der Waals surface area contributed by atoms with E-state index in [1.807, 2.05) is 19.1 Å². The number of carboxylic acids is 1. The molecule has 0 radical (unpaired) electrons. The Kier molecular flexibility index (Phi) is 4.67. The van der Waals surface area contributed by atoms with E-state index >= 15 is 0 Å². The number of nitrogens with two attached hydrogens (primary N) is 1. The first kappa shape index (κ1) is 17.9. The SMILES string of the molecule is Cc1cccc(C(=O)O)c1COc1cccc2ccc(S(N)(=O)=O)cc12. The van der Waals surface area contributed by atoms with Gasteiger partial charge in [-0.05, 0) is 42.1 Å². The van der Waals surface area contributed by atoms with Gasteiger partial charge >= 0.3 is 5.97 Å². The Labute approximate surface area is 150 Å². The number of ether oxygens (including phenoxy) is 1. The lowest BCUT2D eigenvalue weighted by atomic mass is 10.0. The molecule has 0 bridgehead atoms. The summed E-state index contributed by atoms with van der Waals surface area (Å²) in [5.74, 6) is -0.575. The van der Waals surface area contributed by atoms with Gasteiger partial charge in [0.05, 0.1) is 10.5 Å². The predicted octanol–water partition coefficient (Wildman–Crippen LogP) is 3.07. The molecule has 0 spiro atoms. The smallest absolute Gasteiger partial charge is 0.336 e. The minimum absolute atomic E-state index is 0.0110. The maximum absolute atomic E-state index is 11.6. The number of aryl methyl sites for hydroxylation is 1. The zero-order valence-electron chi connectivity index (χ0n) is 14.0. The molecule has 0 aromatic heterocycles. The molecule has 0 aliphatic rings. The van der Waals surface area contributed by atoms with Crippen LogP contribution in [0.2, 0.25) is 0 Å². The molecule has 3 rings (SSSR count). The van der Waals surface area contributed by atoms with Gasteiger partial charge in [0.2, 0.25) is 10.0 Å². The highest BCUT2D eigenvalue weighted by Gasteiger charge is 2.14. The number of primary sulfonamides is 1. The summed E-state index contributed by atoms with van der Waals surface area (Å²) in [7, 11) is -3.84. The van der Waals surface area contributed by atoms with E-state index < -0.39 is 16.0 Å². The van der Waals surface area contributed by atoms with Crippen LogP contribution in [0.15, 0.2) is 59.5 Å². The molecule has 0 amide bonds. The Morgan fingerprint density at radius 3 is 2.54 bits per heavy atom. The Balaban J connectivity index is 2.01. The monoisotopic (exact) mass is 371 g/mol. The Hall–Kier alpha value is -2.90. The molecule has 134 valence electrons. The second-order valence-electron chi connectivity index (χ2n) is 5.88. The van der Waals surface area contributed by atoms with E-state index in [-0.39, 0.29) is 17.1 Å². The number of hydrogen-bond acceptors (Lipinski definition) is 4. The Morgan fingerprint density at radius 2 is 1.85 bits per heavy atom. The highest BCUT2D eigenvalue weighted by atomic mass is 32.2. The summed E-state index contributed by atoms with van der Waals surface area (Å²) in [5, 5.41) is 15.9. The topological polar surface area (TPSA) is 107 Å². The number of carboxylic acid groups (broad SMARTS) is 1. The van der Waals surface area contributed by atoms with Crippen molar-refractivity contribution in [3.05, 3.63) is 71.3 Å². The zero-order valence-corrected chi connectivity index (χ0v) is 14.8. The lowest BCUT2D eigenvalue weighted by Crippen LogP contribution is -2.12. The molecule has 0 aliphatic carbocycles. The van der Waals surface area contributed by atoms with Gasteiger partial charge in [0.25, 0.3) is 0 Å². The lowest BCUT2D eigenvalue weighted by Gasteiger charge is -2.13. The van der Waals surface area contributed by atoms with Gasteiger partial charge in [0.15, 0.2) is 0 Å². The molecule has 0 saturated heterocycles. The predicted molar refractivity (Wildman–Crippen MR) is 97.8 cm³/mol. The molecule has 3 aromatic carbocycles. The van der Waals surface area contributed by atoms with Crippen molar-refractivity contribution in [3.63, 3.8) is 0 Å². The number of aromatic carboxylic acids is 1. The summed E-state index contributed by atoms with van der Waals surface area (Å²) in [6.45, 7) is 1.86. The van der Waals surface area contributed by atoms with Gasteiger partial charge in [-0.1, -0.05) is 30.3 Å². The summed E-state index contributed by atoms with van der Waals surface area (Å²) < 4.78 is 29.1. The standard InChI is InChI=1S/C19H17NO5S/c1-12-4-2-6-15(19(21)22)17(12)11-25-18-7-3-5-13-8-9-14(10-16(13)18)26(20,23)24/h2-10H,11H2,1H3,(H,21,22)(H2,20,23,24). The highest BCUT2D eigenvalue weighted by molar-refractivity contribution is 7.89. The highest BCUT2D eigenvalue weighted by Crippen LogP contribution is 2.29. The molecule has 0 aliphatic heterocycles. The lowest BCUT2D eigenvalue weighted by molar-refractivity contribution is 0.0693. The van der Waals surface area contributed by atoms with Gasteiger partial charge < -0.3 is 9.84 Å². The first-order valence-electron chi connectivity index (χ1n) is 7.77. The second kappa shape index (κ2) is 6.78. The Morgan fingerprint density at radius 1 is 1.12 bits per heavy atom. The average Bonchev–Trinajstić information content (AvgIpc) is 2.59. The van der Waals surface area contributed by atoms with Crippen molar-refractivity contribution in [3.8, 4) is 5.75 Å². The number of benzene rings is 3. The second-order valence-corrected chi connectivity index (χ2v) is 7.44. The van der Waals surface area contributed by atoms with Crippen LogP contribution >= 0.6 is 0 Å². The maximum Gasteiger partial charge on any atom is 0.336 e. The van der Waals surface area contributed by atoms with E-state index in [0.29, 0.717) is 16.7 Å². The van der Waals surface area contributed by atoms with Crippen molar-refractivity contribution < 1.29 is 23.1 Å². The number of carbonyl (C=O) groups is 1. The summed E-state index contributed by atoms with van der Waals surface area (Å²) in [6.07, 6.45) is 0. The van der Waals surface area contributed by atoms with Crippen LogP contribution in [0.5, 0.6) is 5.75 Å². The molecule has 0 heterocycles. The van der Waals surface area contributed by atoms with Gasteiger partial charge in [-0.2, -0.15) is 0 Å². The van der Waals surface area contributed by atoms with Crippen LogP contribution in [-0.4, -0.2) is 19.5 Å². The van der Waals surface area contributed by atoms with Gasteiger partial charge in [-0.25, -0.2) is 18.4 Å². The van der Waals surface area contributed by atoms with Crippen LogP contribution in [0.25, 0.3) is 10.8 Å². The first-order valence-corrected chi connectivity index (χ1v) is 9.32. The van der Waals surface area contributed by atoms with E-state index in [9.17, 15) is 18.3 Å². The summed E-state index contributed by atoms with van der Waals surface area (Å²) in [6, 6.07) is 14.9. The molecule has 3 aromatic rings. The van der Waals surface area contributed by atoms with Crippen molar-refractivity contribution >= 4 is 26.8 Å². The third-order valence-electron chi connectivity index (χ3n) is 4.15. The largest absolute Gasteiger partial charge is 0.488 e. The average molecular weight is 371 g/mol. The number of rotatable bonds is 5. The molecule has 0 fully saturated rings. The third-order valence-corrected chi connectivity index (χ3v) is 5.07. The number of fused-ring (bicyclic) bond motifs is 1. The summed E-state index contributed by atoms with van der Waals surface area (Å²) >= 11 is 0. The van der Waals surface area contributed by atoms with Crippen LogP contribution in [0.1, 0.15) is 21.5 Å². The molecule has 3 N–H and O–H groups in total.